The van der Waals surface area contributed by atoms with Gasteiger partial charge in [-0.3, -0.25) is 0 Å². The maximum Gasteiger partial charge on any atom is 0.0610 e. The van der Waals surface area contributed by atoms with Crippen LogP contribution < -0.4 is 5.32 Å². The molecule has 0 amide bonds. The van der Waals surface area contributed by atoms with E-state index in [0.717, 1.165) is 19.7 Å². The number of aryl methyl sites for hydroxylation is 1. The highest BCUT2D eigenvalue weighted by Crippen LogP contribution is 2.50. The fourth-order valence-corrected chi connectivity index (χ4v) is 3.77. The summed E-state index contributed by atoms with van der Waals surface area (Å²) in [6.45, 7) is 7.58. The zero-order valence-corrected chi connectivity index (χ0v) is 11.4. The standard InChI is InChI=1S/C16H23NO/c1-12-3-5-14(6-4-12)15-11-17-9-7-16(15)8-10-18-13(16)2/h3-6,13,15,17H,7-11H2,1-2H3. The molecule has 2 heteroatoms. The Morgan fingerprint density at radius 2 is 2.00 bits per heavy atom. The molecule has 3 rings (SSSR count). The average Bonchev–Trinajstić information content (AvgIpc) is 2.74. The Hall–Kier alpha value is -0.860. The maximum absolute atomic E-state index is 5.89. The quantitative estimate of drug-likeness (QED) is 0.821. The SMILES string of the molecule is Cc1ccc(C2CNCCC23CCOC3C)cc1. The molecule has 98 valence electrons. The highest BCUT2D eigenvalue weighted by Gasteiger charge is 2.48. The van der Waals surface area contributed by atoms with Gasteiger partial charge in [-0.25, -0.2) is 0 Å². The monoisotopic (exact) mass is 245 g/mol. The van der Waals surface area contributed by atoms with Gasteiger partial charge in [-0.2, -0.15) is 0 Å². The van der Waals surface area contributed by atoms with E-state index in [1.54, 1.807) is 0 Å². The van der Waals surface area contributed by atoms with E-state index in [-0.39, 0.29) is 0 Å². The second kappa shape index (κ2) is 4.67. The molecule has 2 saturated heterocycles. The Balaban J connectivity index is 1.95. The largest absolute Gasteiger partial charge is 0.378 e. The van der Waals surface area contributed by atoms with Crippen molar-refractivity contribution in [1.82, 2.24) is 5.32 Å². The van der Waals surface area contributed by atoms with Crippen molar-refractivity contribution in [2.24, 2.45) is 5.41 Å². The third-order valence-electron chi connectivity index (χ3n) is 5.03. The molecule has 0 bridgehead atoms. The lowest BCUT2D eigenvalue weighted by Crippen LogP contribution is -2.47. The average molecular weight is 245 g/mol. The summed E-state index contributed by atoms with van der Waals surface area (Å²) in [5.41, 5.74) is 3.18. The Morgan fingerprint density at radius 3 is 2.67 bits per heavy atom. The van der Waals surface area contributed by atoms with Crippen LogP contribution in [0.3, 0.4) is 0 Å². The number of hydrogen-bond donors (Lipinski definition) is 1. The van der Waals surface area contributed by atoms with Crippen molar-refractivity contribution in [3.05, 3.63) is 35.4 Å². The van der Waals surface area contributed by atoms with E-state index in [9.17, 15) is 0 Å². The predicted molar refractivity (Wildman–Crippen MR) is 73.9 cm³/mol. The summed E-state index contributed by atoms with van der Waals surface area (Å²) in [6.07, 6.45) is 2.85. The van der Waals surface area contributed by atoms with Gasteiger partial charge in [0.05, 0.1) is 6.10 Å². The van der Waals surface area contributed by atoms with Crippen LogP contribution in [0, 0.1) is 12.3 Å². The molecule has 2 fully saturated rings. The van der Waals surface area contributed by atoms with Crippen LogP contribution in [-0.2, 0) is 4.74 Å². The number of ether oxygens (including phenoxy) is 1. The van der Waals surface area contributed by atoms with Crippen molar-refractivity contribution in [1.29, 1.82) is 0 Å². The number of rotatable bonds is 1. The molecule has 3 unspecified atom stereocenters. The number of piperidine rings is 1. The molecular formula is C16H23NO. The van der Waals surface area contributed by atoms with Gasteiger partial charge in [-0.15, -0.1) is 0 Å². The number of nitrogens with one attached hydrogen (secondary N) is 1. The van der Waals surface area contributed by atoms with Gasteiger partial charge in [0, 0.05) is 24.5 Å². The van der Waals surface area contributed by atoms with Crippen LogP contribution in [-0.4, -0.2) is 25.8 Å². The van der Waals surface area contributed by atoms with Crippen molar-refractivity contribution in [3.63, 3.8) is 0 Å². The smallest absolute Gasteiger partial charge is 0.0610 e. The highest BCUT2D eigenvalue weighted by atomic mass is 16.5. The first-order valence-electron chi connectivity index (χ1n) is 7.11. The summed E-state index contributed by atoms with van der Waals surface area (Å²) in [5, 5.41) is 3.56. The first-order chi connectivity index (χ1) is 8.72. The molecule has 1 aromatic rings. The Morgan fingerprint density at radius 1 is 1.22 bits per heavy atom. The number of benzene rings is 1. The highest BCUT2D eigenvalue weighted by molar-refractivity contribution is 5.28. The summed E-state index contributed by atoms with van der Waals surface area (Å²) < 4.78 is 5.89. The minimum atomic E-state index is 0.362. The van der Waals surface area contributed by atoms with Crippen LogP contribution in [0.15, 0.2) is 24.3 Å². The molecule has 2 heterocycles. The van der Waals surface area contributed by atoms with E-state index in [2.05, 4.69) is 43.4 Å². The topological polar surface area (TPSA) is 21.3 Å². The van der Waals surface area contributed by atoms with E-state index in [1.807, 2.05) is 0 Å². The first-order valence-corrected chi connectivity index (χ1v) is 7.11. The molecule has 0 aromatic heterocycles. The van der Waals surface area contributed by atoms with E-state index in [1.165, 1.54) is 24.0 Å². The summed E-state index contributed by atoms with van der Waals surface area (Å²) in [6, 6.07) is 9.08. The second-order valence-electron chi connectivity index (χ2n) is 5.91. The molecule has 3 atom stereocenters. The van der Waals surface area contributed by atoms with Gasteiger partial charge in [0.1, 0.15) is 0 Å². The fourth-order valence-electron chi connectivity index (χ4n) is 3.77. The van der Waals surface area contributed by atoms with Gasteiger partial charge >= 0.3 is 0 Å². The zero-order valence-electron chi connectivity index (χ0n) is 11.4. The summed E-state index contributed by atoms with van der Waals surface area (Å²) >= 11 is 0. The van der Waals surface area contributed by atoms with Crippen molar-refractivity contribution in [2.75, 3.05) is 19.7 Å². The van der Waals surface area contributed by atoms with Crippen molar-refractivity contribution >= 4 is 0 Å². The van der Waals surface area contributed by atoms with Crippen LogP contribution in [0.1, 0.15) is 36.8 Å². The Labute approximate surface area is 110 Å². The third kappa shape index (κ3) is 1.88. The van der Waals surface area contributed by atoms with Crippen LogP contribution in [0.2, 0.25) is 0 Å². The van der Waals surface area contributed by atoms with Gasteiger partial charge in [0.2, 0.25) is 0 Å². The third-order valence-corrected chi connectivity index (χ3v) is 5.03. The van der Waals surface area contributed by atoms with Crippen molar-refractivity contribution in [3.8, 4) is 0 Å². The summed E-state index contributed by atoms with van der Waals surface area (Å²) in [5.74, 6) is 0.601. The van der Waals surface area contributed by atoms with Crippen LogP contribution in [0.4, 0.5) is 0 Å². The molecule has 2 aliphatic rings. The lowest BCUT2D eigenvalue weighted by molar-refractivity contribution is 0.0326. The van der Waals surface area contributed by atoms with E-state index in [4.69, 9.17) is 4.74 Å². The van der Waals surface area contributed by atoms with Crippen LogP contribution in [0.25, 0.3) is 0 Å². The Kier molecular flexibility index (Phi) is 3.16. The predicted octanol–water partition coefficient (Wildman–Crippen LogP) is 2.87. The maximum atomic E-state index is 5.89. The zero-order chi connectivity index (χ0) is 12.6. The number of hydrogen-bond acceptors (Lipinski definition) is 2. The molecule has 0 radical (unpaired) electrons. The van der Waals surface area contributed by atoms with Gasteiger partial charge in [0.25, 0.3) is 0 Å². The summed E-state index contributed by atoms with van der Waals surface area (Å²) in [4.78, 5) is 0. The van der Waals surface area contributed by atoms with Crippen LogP contribution in [0.5, 0.6) is 0 Å². The van der Waals surface area contributed by atoms with Gasteiger partial charge in [0.15, 0.2) is 0 Å². The van der Waals surface area contributed by atoms with Crippen molar-refractivity contribution < 1.29 is 4.74 Å². The second-order valence-corrected chi connectivity index (χ2v) is 5.91. The molecule has 0 saturated carbocycles. The molecule has 2 nitrogen and oxygen atoms in total. The minimum absolute atomic E-state index is 0.362. The molecule has 0 aliphatic carbocycles. The van der Waals surface area contributed by atoms with E-state index < -0.39 is 0 Å². The molecule has 1 N–H and O–H groups in total. The molecule has 2 aliphatic heterocycles. The van der Waals surface area contributed by atoms with Gasteiger partial charge in [-0.05, 0) is 38.8 Å². The lowest BCUT2D eigenvalue weighted by Gasteiger charge is -2.44. The summed E-state index contributed by atoms with van der Waals surface area (Å²) in [7, 11) is 0. The Bertz CT molecular complexity index is 414. The van der Waals surface area contributed by atoms with Crippen LogP contribution >= 0.6 is 0 Å². The minimum Gasteiger partial charge on any atom is -0.378 e. The first kappa shape index (κ1) is 12.2. The van der Waals surface area contributed by atoms with Gasteiger partial charge < -0.3 is 10.1 Å². The van der Waals surface area contributed by atoms with E-state index >= 15 is 0 Å². The van der Waals surface area contributed by atoms with Gasteiger partial charge in [-0.1, -0.05) is 29.8 Å². The molecular weight excluding hydrogens is 222 g/mol. The van der Waals surface area contributed by atoms with E-state index in [0.29, 0.717) is 17.4 Å². The fraction of sp³-hybridized carbons (Fsp3) is 0.625. The van der Waals surface area contributed by atoms with Crippen molar-refractivity contribution in [2.45, 2.75) is 38.7 Å². The lowest BCUT2D eigenvalue weighted by atomic mass is 9.64. The molecule has 1 spiro atoms. The normalized spacial score (nSPS) is 36.1. The molecule has 1 aromatic carbocycles. The molecule has 18 heavy (non-hydrogen) atoms.